The third-order valence-corrected chi connectivity index (χ3v) is 3.37. The highest BCUT2D eigenvalue weighted by atomic mass is 19.1. The van der Waals surface area contributed by atoms with Crippen LogP contribution < -0.4 is 0 Å². The van der Waals surface area contributed by atoms with Crippen molar-refractivity contribution in [2.75, 3.05) is 13.1 Å². The molecule has 1 heterocycles. The molecule has 0 radical (unpaired) electrons. The Balaban J connectivity index is 2.22. The van der Waals surface area contributed by atoms with Crippen LogP contribution in [-0.4, -0.2) is 23.9 Å². The highest BCUT2D eigenvalue weighted by molar-refractivity contribution is 5.94. The average Bonchev–Trinajstić information content (AvgIpc) is 2.32. The zero-order valence-corrected chi connectivity index (χ0v) is 10.4. The minimum Gasteiger partial charge on any atom is -0.338 e. The zero-order valence-electron chi connectivity index (χ0n) is 10.4. The van der Waals surface area contributed by atoms with Crippen LogP contribution in [0.15, 0.2) is 18.2 Å². The Hall–Kier alpha value is -1.38. The molecule has 0 spiro atoms. The molecule has 1 atom stereocenters. The summed E-state index contributed by atoms with van der Waals surface area (Å²) in [6.07, 6.45) is 2.17. The standard InChI is InChI=1S/C14H18FNO/c1-10-5-4-8-16(9-10)14(17)12-7-3-6-11(2)13(12)15/h3,6-7,10H,4-5,8-9H2,1-2H3. The van der Waals surface area contributed by atoms with E-state index in [0.717, 1.165) is 25.9 Å². The highest BCUT2D eigenvalue weighted by Crippen LogP contribution is 2.20. The number of piperidine rings is 1. The van der Waals surface area contributed by atoms with Gasteiger partial charge in [-0.3, -0.25) is 4.79 Å². The van der Waals surface area contributed by atoms with Crippen molar-refractivity contribution in [2.24, 2.45) is 5.92 Å². The summed E-state index contributed by atoms with van der Waals surface area (Å²) in [4.78, 5) is 14.0. The first-order valence-electron chi connectivity index (χ1n) is 6.14. The molecule has 1 aliphatic rings. The van der Waals surface area contributed by atoms with Crippen molar-refractivity contribution in [3.8, 4) is 0 Å². The molecule has 1 aliphatic heterocycles. The molecule has 1 aromatic rings. The van der Waals surface area contributed by atoms with E-state index in [0.29, 0.717) is 11.5 Å². The lowest BCUT2D eigenvalue weighted by Gasteiger charge is -2.31. The summed E-state index contributed by atoms with van der Waals surface area (Å²) >= 11 is 0. The third kappa shape index (κ3) is 2.48. The minimum atomic E-state index is -0.379. The number of halogens is 1. The lowest BCUT2D eigenvalue weighted by atomic mass is 9.99. The van der Waals surface area contributed by atoms with Crippen LogP contribution in [0.2, 0.25) is 0 Å². The van der Waals surface area contributed by atoms with Gasteiger partial charge in [-0.05, 0) is 37.3 Å². The van der Waals surface area contributed by atoms with Crippen LogP contribution in [0.5, 0.6) is 0 Å². The summed E-state index contributed by atoms with van der Waals surface area (Å²) in [7, 11) is 0. The van der Waals surface area contributed by atoms with E-state index >= 15 is 0 Å². The molecule has 1 saturated heterocycles. The van der Waals surface area contributed by atoms with Crippen LogP contribution in [0.3, 0.4) is 0 Å². The van der Waals surface area contributed by atoms with Gasteiger partial charge < -0.3 is 4.90 Å². The van der Waals surface area contributed by atoms with E-state index in [-0.39, 0.29) is 17.3 Å². The number of benzene rings is 1. The second-order valence-corrected chi connectivity index (χ2v) is 4.94. The van der Waals surface area contributed by atoms with E-state index in [1.54, 1.807) is 30.0 Å². The highest BCUT2D eigenvalue weighted by Gasteiger charge is 2.24. The number of nitrogens with zero attached hydrogens (tertiary/aromatic N) is 1. The van der Waals surface area contributed by atoms with Gasteiger partial charge in [-0.1, -0.05) is 19.1 Å². The fraction of sp³-hybridized carbons (Fsp3) is 0.500. The largest absolute Gasteiger partial charge is 0.338 e. The van der Waals surface area contributed by atoms with Crippen molar-refractivity contribution >= 4 is 5.91 Å². The molecule has 92 valence electrons. The minimum absolute atomic E-state index is 0.169. The fourth-order valence-corrected chi connectivity index (χ4v) is 2.36. The first-order valence-corrected chi connectivity index (χ1v) is 6.14. The normalized spacial score (nSPS) is 20.4. The molecule has 0 saturated carbocycles. The molecule has 3 heteroatoms. The van der Waals surface area contributed by atoms with Gasteiger partial charge in [-0.2, -0.15) is 0 Å². The van der Waals surface area contributed by atoms with E-state index in [1.165, 1.54) is 0 Å². The Bertz CT molecular complexity index is 430. The predicted octanol–water partition coefficient (Wildman–Crippen LogP) is 3.01. The van der Waals surface area contributed by atoms with Gasteiger partial charge in [0.25, 0.3) is 5.91 Å². The number of hydrogen-bond donors (Lipinski definition) is 0. The molecule has 1 amide bonds. The van der Waals surface area contributed by atoms with E-state index in [4.69, 9.17) is 0 Å². The van der Waals surface area contributed by atoms with Gasteiger partial charge in [0.15, 0.2) is 0 Å². The molecule has 2 nitrogen and oxygen atoms in total. The Labute approximate surface area is 101 Å². The van der Waals surface area contributed by atoms with E-state index < -0.39 is 0 Å². The molecule has 17 heavy (non-hydrogen) atoms. The van der Waals surface area contributed by atoms with Crippen molar-refractivity contribution in [1.29, 1.82) is 0 Å². The number of carbonyl (C=O) groups is 1. The summed E-state index contributed by atoms with van der Waals surface area (Å²) in [6, 6.07) is 4.99. The lowest BCUT2D eigenvalue weighted by Crippen LogP contribution is -2.39. The molecule has 2 rings (SSSR count). The monoisotopic (exact) mass is 235 g/mol. The van der Waals surface area contributed by atoms with Gasteiger partial charge >= 0.3 is 0 Å². The second kappa shape index (κ2) is 4.86. The Morgan fingerprint density at radius 1 is 1.47 bits per heavy atom. The van der Waals surface area contributed by atoms with Crippen molar-refractivity contribution in [2.45, 2.75) is 26.7 Å². The van der Waals surface area contributed by atoms with Crippen LogP contribution in [0, 0.1) is 18.7 Å². The van der Waals surface area contributed by atoms with E-state index in [9.17, 15) is 9.18 Å². The Morgan fingerprint density at radius 2 is 2.24 bits per heavy atom. The smallest absolute Gasteiger partial charge is 0.256 e. The number of rotatable bonds is 1. The van der Waals surface area contributed by atoms with Gasteiger partial charge in [-0.15, -0.1) is 0 Å². The number of amides is 1. The molecule has 1 fully saturated rings. The topological polar surface area (TPSA) is 20.3 Å². The molecular weight excluding hydrogens is 217 g/mol. The maximum Gasteiger partial charge on any atom is 0.256 e. The molecule has 1 aromatic carbocycles. The SMILES string of the molecule is Cc1cccc(C(=O)N2CCCC(C)C2)c1F. The van der Waals surface area contributed by atoms with Crippen molar-refractivity contribution < 1.29 is 9.18 Å². The van der Waals surface area contributed by atoms with E-state index in [1.807, 2.05) is 0 Å². The van der Waals surface area contributed by atoms with Crippen molar-refractivity contribution in [3.05, 3.63) is 35.1 Å². The van der Waals surface area contributed by atoms with Crippen molar-refractivity contribution in [1.82, 2.24) is 4.90 Å². The summed E-state index contributed by atoms with van der Waals surface area (Å²) in [5, 5.41) is 0. The van der Waals surface area contributed by atoms with Crippen LogP contribution in [0.4, 0.5) is 4.39 Å². The van der Waals surface area contributed by atoms with Crippen LogP contribution >= 0.6 is 0 Å². The number of hydrogen-bond acceptors (Lipinski definition) is 1. The molecule has 0 aromatic heterocycles. The molecule has 0 aliphatic carbocycles. The number of aryl methyl sites for hydroxylation is 1. The summed E-state index contributed by atoms with van der Waals surface area (Å²) < 4.78 is 13.9. The van der Waals surface area contributed by atoms with Crippen LogP contribution in [0.25, 0.3) is 0 Å². The Kier molecular flexibility index (Phi) is 3.46. The third-order valence-electron chi connectivity index (χ3n) is 3.37. The summed E-state index contributed by atoms with van der Waals surface area (Å²) in [5.41, 5.74) is 0.736. The first-order chi connectivity index (χ1) is 8.09. The van der Waals surface area contributed by atoms with Gasteiger partial charge in [0.1, 0.15) is 5.82 Å². The number of likely N-dealkylation sites (tertiary alicyclic amines) is 1. The van der Waals surface area contributed by atoms with Gasteiger partial charge in [0, 0.05) is 13.1 Å². The quantitative estimate of drug-likeness (QED) is 0.732. The molecule has 0 bridgehead atoms. The van der Waals surface area contributed by atoms with E-state index in [2.05, 4.69) is 6.92 Å². The van der Waals surface area contributed by atoms with Crippen LogP contribution in [-0.2, 0) is 0 Å². The zero-order chi connectivity index (χ0) is 12.4. The van der Waals surface area contributed by atoms with Crippen LogP contribution in [0.1, 0.15) is 35.7 Å². The maximum atomic E-state index is 13.9. The second-order valence-electron chi connectivity index (χ2n) is 4.94. The Morgan fingerprint density at radius 3 is 2.94 bits per heavy atom. The average molecular weight is 235 g/mol. The summed E-state index contributed by atoms with van der Waals surface area (Å²) in [5.74, 6) is -0.0333. The predicted molar refractivity (Wildman–Crippen MR) is 65.4 cm³/mol. The maximum absolute atomic E-state index is 13.9. The fourth-order valence-electron chi connectivity index (χ4n) is 2.36. The molecular formula is C14H18FNO. The summed E-state index contributed by atoms with van der Waals surface area (Å²) in [6.45, 7) is 5.31. The van der Waals surface area contributed by atoms with Gasteiger partial charge in [0.05, 0.1) is 5.56 Å². The molecule has 0 N–H and O–H groups in total. The lowest BCUT2D eigenvalue weighted by molar-refractivity contribution is 0.0678. The van der Waals surface area contributed by atoms with Gasteiger partial charge in [0.2, 0.25) is 0 Å². The van der Waals surface area contributed by atoms with Gasteiger partial charge in [-0.25, -0.2) is 4.39 Å². The first kappa shape index (κ1) is 12.1. The van der Waals surface area contributed by atoms with Crippen molar-refractivity contribution in [3.63, 3.8) is 0 Å². The number of carbonyl (C=O) groups excluding carboxylic acids is 1. The molecule has 1 unspecified atom stereocenters.